The second kappa shape index (κ2) is 6.05. The number of hydrogen-bond acceptors (Lipinski definition) is 4. The molecule has 1 aliphatic carbocycles. The van der Waals surface area contributed by atoms with Gasteiger partial charge in [0, 0.05) is 11.3 Å². The number of esters is 1. The van der Waals surface area contributed by atoms with Crippen LogP contribution in [0.4, 0.5) is 0 Å². The molecule has 0 aromatic heterocycles. The van der Waals surface area contributed by atoms with Crippen LogP contribution in [-0.4, -0.2) is 17.9 Å². The highest BCUT2D eigenvalue weighted by molar-refractivity contribution is 7.79. The van der Waals surface area contributed by atoms with Gasteiger partial charge in [0.05, 0.1) is 0 Å². The standard InChI is InChI=1S/C14H16O3S/c15-13(11-7-5-10(9-18)6-8-11)14(16)17-12-3-1-2-4-12/h5-8,12,18H,1-4,9H2. The molecule has 0 radical (unpaired) electrons. The van der Waals surface area contributed by atoms with Crippen molar-refractivity contribution in [2.24, 2.45) is 0 Å². The molecule has 0 heterocycles. The third-order valence-corrected chi connectivity index (χ3v) is 3.53. The molecule has 0 aliphatic heterocycles. The maximum Gasteiger partial charge on any atom is 0.379 e. The van der Waals surface area contributed by atoms with E-state index in [2.05, 4.69) is 12.6 Å². The SMILES string of the molecule is O=C(OC1CCCC1)C(=O)c1ccc(CS)cc1. The Labute approximate surface area is 112 Å². The normalized spacial score (nSPS) is 15.6. The molecule has 96 valence electrons. The molecule has 4 heteroatoms. The number of carbonyl (C=O) groups excluding carboxylic acids is 2. The zero-order valence-electron chi connectivity index (χ0n) is 10.1. The van der Waals surface area contributed by atoms with E-state index in [9.17, 15) is 9.59 Å². The molecule has 0 bridgehead atoms. The summed E-state index contributed by atoms with van der Waals surface area (Å²) in [5.41, 5.74) is 1.39. The minimum absolute atomic E-state index is 0.0711. The van der Waals surface area contributed by atoms with Crippen molar-refractivity contribution in [1.29, 1.82) is 0 Å². The predicted molar refractivity (Wildman–Crippen MR) is 71.8 cm³/mol. The van der Waals surface area contributed by atoms with Crippen LogP contribution in [0, 0.1) is 0 Å². The zero-order valence-corrected chi connectivity index (χ0v) is 11.0. The van der Waals surface area contributed by atoms with Crippen LogP contribution in [-0.2, 0) is 15.3 Å². The van der Waals surface area contributed by atoms with Crippen molar-refractivity contribution in [3.63, 3.8) is 0 Å². The van der Waals surface area contributed by atoms with Crippen LogP contribution < -0.4 is 0 Å². The maximum atomic E-state index is 11.8. The minimum Gasteiger partial charge on any atom is -0.456 e. The molecule has 1 aromatic rings. The first-order valence-corrected chi connectivity index (χ1v) is 6.79. The van der Waals surface area contributed by atoms with Gasteiger partial charge in [-0.1, -0.05) is 24.3 Å². The van der Waals surface area contributed by atoms with Gasteiger partial charge in [-0.25, -0.2) is 4.79 Å². The highest BCUT2D eigenvalue weighted by Crippen LogP contribution is 2.21. The number of hydrogen-bond donors (Lipinski definition) is 1. The summed E-state index contributed by atoms with van der Waals surface area (Å²) in [5.74, 6) is -0.686. The Kier molecular flexibility index (Phi) is 4.42. The van der Waals surface area contributed by atoms with Crippen LogP contribution in [0.2, 0.25) is 0 Å². The lowest BCUT2D eigenvalue weighted by Crippen LogP contribution is -2.22. The molecule has 1 saturated carbocycles. The van der Waals surface area contributed by atoms with Gasteiger partial charge in [0.2, 0.25) is 0 Å². The monoisotopic (exact) mass is 264 g/mol. The average molecular weight is 264 g/mol. The van der Waals surface area contributed by atoms with E-state index in [-0.39, 0.29) is 6.10 Å². The molecule has 18 heavy (non-hydrogen) atoms. The van der Waals surface area contributed by atoms with E-state index >= 15 is 0 Å². The molecular formula is C14H16O3S. The summed E-state index contributed by atoms with van der Waals surface area (Å²) in [6.07, 6.45) is 3.82. The van der Waals surface area contributed by atoms with Gasteiger partial charge in [-0.05, 0) is 31.2 Å². The molecule has 0 amide bonds. The van der Waals surface area contributed by atoms with Gasteiger partial charge in [-0.15, -0.1) is 0 Å². The molecule has 0 unspecified atom stereocenters. The molecule has 1 aromatic carbocycles. The smallest absolute Gasteiger partial charge is 0.379 e. The van der Waals surface area contributed by atoms with Gasteiger partial charge < -0.3 is 4.74 Å². The van der Waals surface area contributed by atoms with Crippen LogP contribution >= 0.6 is 12.6 Å². The number of ether oxygens (including phenoxy) is 1. The summed E-state index contributed by atoms with van der Waals surface area (Å²) in [5, 5.41) is 0. The number of carbonyl (C=O) groups is 2. The Morgan fingerprint density at radius 2 is 1.78 bits per heavy atom. The van der Waals surface area contributed by atoms with Gasteiger partial charge >= 0.3 is 5.97 Å². The van der Waals surface area contributed by atoms with Crippen molar-refractivity contribution < 1.29 is 14.3 Å². The number of ketones is 1. The van der Waals surface area contributed by atoms with Crippen molar-refractivity contribution in [3.8, 4) is 0 Å². The van der Waals surface area contributed by atoms with Crippen molar-refractivity contribution in [2.75, 3.05) is 0 Å². The Morgan fingerprint density at radius 3 is 2.33 bits per heavy atom. The van der Waals surface area contributed by atoms with Crippen molar-refractivity contribution in [3.05, 3.63) is 35.4 Å². The number of benzene rings is 1. The lowest BCUT2D eigenvalue weighted by atomic mass is 10.1. The second-order valence-corrected chi connectivity index (χ2v) is 4.81. The van der Waals surface area contributed by atoms with Gasteiger partial charge in [-0.2, -0.15) is 12.6 Å². The Morgan fingerprint density at radius 1 is 1.17 bits per heavy atom. The Balaban J connectivity index is 1.98. The topological polar surface area (TPSA) is 43.4 Å². The molecule has 1 fully saturated rings. The van der Waals surface area contributed by atoms with Crippen molar-refractivity contribution >= 4 is 24.4 Å². The lowest BCUT2D eigenvalue weighted by Gasteiger charge is -2.10. The number of rotatable bonds is 4. The van der Waals surface area contributed by atoms with Crippen molar-refractivity contribution in [2.45, 2.75) is 37.5 Å². The van der Waals surface area contributed by atoms with E-state index < -0.39 is 11.8 Å². The van der Waals surface area contributed by atoms with Gasteiger partial charge in [-0.3, -0.25) is 4.79 Å². The molecule has 2 rings (SSSR count). The van der Waals surface area contributed by atoms with Crippen LogP contribution in [0.15, 0.2) is 24.3 Å². The first kappa shape index (κ1) is 13.1. The van der Waals surface area contributed by atoms with Gasteiger partial charge in [0.15, 0.2) is 0 Å². The van der Waals surface area contributed by atoms with E-state index in [1.807, 2.05) is 0 Å². The van der Waals surface area contributed by atoms with Crippen molar-refractivity contribution in [1.82, 2.24) is 0 Å². The zero-order chi connectivity index (χ0) is 13.0. The third kappa shape index (κ3) is 3.13. The van der Waals surface area contributed by atoms with E-state index in [0.29, 0.717) is 11.3 Å². The Hall–Kier alpha value is -1.29. The number of thiol groups is 1. The van der Waals surface area contributed by atoms with Gasteiger partial charge in [0.1, 0.15) is 6.10 Å². The summed E-state index contributed by atoms with van der Waals surface area (Å²) in [6.45, 7) is 0. The van der Waals surface area contributed by atoms with Crippen LogP contribution in [0.25, 0.3) is 0 Å². The minimum atomic E-state index is -0.736. The summed E-state index contributed by atoms with van der Waals surface area (Å²) in [7, 11) is 0. The first-order chi connectivity index (χ1) is 8.70. The first-order valence-electron chi connectivity index (χ1n) is 6.16. The van der Waals surface area contributed by atoms with Crippen LogP contribution in [0.3, 0.4) is 0 Å². The third-order valence-electron chi connectivity index (χ3n) is 3.16. The fraction of sp³-hybridized carbons (Fsp3) is 0.429. The second-order valence-electron chi connectivity index (χ2n) is 4.50. The van der Waals surface area contributed by atoms with Crippen LogP contribution in [0.5, 0.6) is 0 Å². The molecule has 1 aliphatic rings. The molecule has 0 N–H and O–H groups in total. The molecular weight excluding hydrogens is 248 g/mol. The largest absolute Gasteiger partial charge is 0.456 e. The molecule has 0 spiro atoms. The van der Waals surface area contributed by atoms with E-state index in [0.717, 1.165) is 31.2 Å². The summed E-state index contributed by atoms with van der Waals surface area (Å²) >= 11 is 4.14. The van der Waals surface area contributed by atoms with Gasteiger partial charge in [0.25, 0.3) is 5.78 Å². The quantitative estimate of drug-likeness (QED) is 0.393. The van der Waals surface area contributed by atoms with Crippen LogP contribution in [0.1, 0.15) is 41.6 Å². The maximum absolute atomic E-state index is 11.8. The summed E-state index contributed by atoms with van der Waals surface area (Å²) in [6, 6.07) is 6.87. The fourth-order valence-electron chi connectivity index (χ4n) is 2.09. The Bertz CT molecular complexity index is 433. The van der Waals surface area contributed by atoms with E-state index in [4.69, 9.17) is 4.74 Å². The molecule has 3 nitrogen and oxygen atoms in total. The predicted octanol–water partition coefficient (Wildman–Crippen LogP) is 2.78. The number of Topliss-reactive ketones (excluding diaryl/α,β-unsaturated/α-hetero) is 1. The summed E-state index contributed by atoms with van der Waals surface area (Å²) in [4.78, 5) is 23.5. The molecule has 0 atom stereocenters. The average Bonchev–Trinajstić information content (AvgIpc) is 2.91. The highest BCUT2D eigenvalue weighted by Gasteiger charge is 2.24. The molecule has 0 saturated heterocycles. The lowest BCUT2D eigenvalue weighted by molar-refractivity contribution is -0.142. The summed E-state index contributed by atoms with van der Waals surface area (Å²) < 4.78 is 5.18. The van der Waals surface area contributed by atoms with E-state index in [1.165, 1.54) is 0 Å². The fourth-order valence-corrected chi connectivity index (χ4v) is 2.30. The highest BCUT2D eigenvalue weighted by atomic mass is 32.1. The van der Waals surface area contributed by atoms with E-state index in [1.54, 1.807) is 24.3 Å².